The van der Waals surface area contributed by atoms with Gasteiger partial charge in [-0.15, -0.1) is 0 Å². The van der Waals surface area contributed by atoms with E-state index in [1.54, 1.807) is 23.2 Å². The number of nitrogens with zero attached hydrogens (tertiary/aromatic N) is 3. The molecule has 3 heterocycles. The standard InChI is InChI=1S/C16H14N4O2/c1-10-9-11-5-2-3-7-13(11)20(10)15(21)12-6-4-8-19-14(12)17-18-16(19)22/h2-8,10H,9H2,1H3,(H,18,22). The number of anilines is 1. The second-order valence-electron chi connectivity index (χ2n) is 5.50. The third-order valence-electron chi connectivity index (χ3n) is 4.10. The van der Waals surface area contributed by atoms with E-state index in [1.807, 2.05) is 31.2 Å². The highest BCUT2D eigenvalue weighted by atomic mass is 16.2. The molecule has 110 valence electrons. The molecule has 1 aliphatic rings. The number of hydrogen-bond donors (Lipinski definition) is 1. The predicted molar refractivity (Wildman–Crippen MR) is 82.2 cm³/mol. The molecule has 3 aromatic rings. The number of benzene rings is 1. The molecule has 0 fully saturated rings. The minimum atomic E-state index is -0.348. The SMILES string of the molecule is CC1Cc2ccccc2N1C(=O)c1cccn2c(=O)[nH]nc12. The monoisotopic (exact) mass is 294 g/mol. The molecule has 1 atom stereocenters. The van der Waals surface area contributed by atoms with Gasteiger partial charge in [0.1, 0.15) is 0 Å². The van der Waals surface area contributed by atoms with Crippen LogP contribution in [0.1, 0.15) is 22.8 Å². The molecule has 1 aliphatic heterocycles. The zero-order valence-electron chi connectivity index (χ0n) is 12.0. The molecule has 1 N–H and O–H groups in total. The Kier molecular flexibility index (Phi) is 2.66. The molecule has 0 radical (unpaired) electrons. The van der Waals surface area contributed by atoms with E-state index in [9.17, 15) is 9.59 Å². The van der Waals surface area contributed by atoms with Crippen LogP contribution in [0, 0.1) is 0 Å². The van der Waals surface area contributed by atoms with Gasteiger partial charge in [-0.05, 0) is 37.1 Å². The Labute approximate surface area is 126 Å². The van der Waals surface area contributed by atoms with Gasteiger partial charge < -0.3 is 4.90 Å². The van der Waals surface area contributed by atoms with E-state index in [0.29, 0.717) is 11.2 Å². The maximum absolute atomic E-state index is 13.0. The van der Waals surface area contributed by atoms with Crippen LogP contribution >= 0.6 is 0 Å². The Morgan fingerprint density at radius 3 is 2.95 bits per heavy atom. The fourth-order valence-electron chi connectivity index (χ4n) is 3.10. The van der Waals surface area contributed by atoms with E-state index in [2.05, 4.69) is 10.2 Å². The van der Waals surface area contributed by atoms with Gasteiger partial charge in [-0.3, -0.25) is 4.79 Å². The Morgan fingerprint density at radius 1 is 1.27 bits per heavy atom. The largest absolute Gasteiger partial charge is 0.347 e. The van der Waals surface area contributed by atoms with E-state index in [4.69, 9.17) is 0 Å². The van der Waals surface area contributed by atoms with Gasteiger partial charge in [-0.2, -0.15) is 5.10 Å². The lowest BCUT2D eigenvalue weighted by molar-refractivity contribution is 0.0982. The third-order valence-corrected chi connectivity index (χ3v) is 4.10. The summed E-state index contributed by atoms with van der Waals surface area (Å²) in [7, 11) is 0. The summed E-state index contributed by atoms with van der Waals surface area (Å²) in [5, 5.41) is 6.35. The lowest BCUT2D eigenvalue weighted by atomic mass is 10.1. The van der Waals surface area contributed by atoms with E-state index in [1.165, 1.54) is 4.40 Å². The summed E-state index contributed by atoms with van der Waals surface area (Å²) in [5.41, 5.74) is 2.52. The van der Waals surface area contributed by atoms with Crippen LogP contribution in [-0.4, -0.2) is 26.5 Å². The molecule has 0 saturated carbocycles. The van der Waals surface area contributed by atoms with E-state index in [-0.39, 0.29) is 17.6 Å². The molecule has 0 bridgehead atoms. The van der Waals surface area contributed by atoms with Gasteiger partial charge in [0.05, 0.1) is 5.56 Å². The molecule has 22 heavy (non-hydrogen) atoms. The highest BCUT2D eigenvalue weighted by Crippen LogP contribution is 2.33. The van der Waals surface area contributed by atoms with Crippen LogP contribution in [0.5, 0.6) is 0 Å². The van der Waals surface area contributed by atoms with E-state index in [0.717, 1.165) is 17.7 Å². The number of rotatable bonds is 1. The average molecular weight is 294 g/mol. The summed E-state index contributed by atoms with van der Waals surface area (Å²) in [5.74, 6) is -0.137. The highest BCUT2D eigenvalue weighted by molar-refractivity contribution is 6.11. The molecule has 4 rings (SSSR count). The maximum Gasteiger partial charge on any atom is 0.347 e. The predicted octanol–water partition coefficient (Wildman–Crippen LogP) is 1.61. The number of H-pyrrole nitrogens is 1. The zero-order chi connectivity index (χ0) is 15.3. The number of aromatic amines is 1. The van der Waals surface area contributed by atoms with Crippen molar-refractivity contribution in [2.24, 2.45) is 0 Å². The first-order chi connectivity index (χ1) is 10.7. The summed E-state index contributed by atoms with van der Waals surface area (Å²) in [6, 6.07) is 11.4. The number of carbonyl (C=O) groups is 1. The average Bonchev–Trinajstić information content (AvgIpc) is 3.06. The first-order valence-electron chi connectivity index (χ1n) is 7.14. The van der Waals surface area contributed by atoms with Crippen molar-refractivity contribution in [2.75, 3.05) is 4.90 Å². The number of amides is 1. The second-order valence-corrected chi connectivity index (χ2v) is 5.50. The lowest BCUT2D eigenvalue weighted by Crippen LogP contribution is -2.36. The number of carbonyl (C=O) groups excluding carboxylic acids is 1. The van der Waals surface area contributed by atoms with Crippen molar-refractivity contribution < 1.29 is 4.79 Å². The van der Waals surface area contributed by atoms with Crippen LogP contribution in [-0.2, 0) is 6.42 Å². The van der Waals surface area contributed by atoms with Crippen molar-refractivity contribution in [3.05, 3.63) is 64.2 Å². The number of aromatic nitrogens is 3. The molecule has 1 aromatic carbocycles. The van der Waals surface area contributed by atoms with Gasteiger partial charge in [0.2, 0.25) is 0 Å². The molecule has 6 heteroatoms. The minimum absolute atomic E-state index is 0.0795. The topological polar surface area (TPSA) is 70.5 Å². The summed E-state index contributed by atoms with van der Waals surface area (Å²) < 4.78 is 1.35. The minimum Gasteiger partial charge on any atom is -0.305 e. The van der Waals surface area contributed by atoms with Crippen molar-refractivity contribution in [3.8, 4) is 0 Å². The zero-order valence-corrected chi connectivity index (χ0v) is 12.0. The van der Waals surface area contributed by atoms with Crippen molar-refractivity contribution in [3.63, 3.8) is 0 Å². The molecular weight excluding hydrogens is 280 g/mol. The van der Waals surface area contributed by atoms with Gasteiger partial charge in [0.25, 0.3) is 5.91 Å². The smallest absolute Gasteiger partial charge is 0.305 e. The fourth-order valence-corrected chi connectivity index (χ4v) is 3.10. The van der Waals surface area contributed by atoms with Crippen LogP contribution < -0.4 is 10.6 Å². The lowest BCUT2D eigenvalue weighted by Gasteiger charge is -2.22. The van der Waals surface area contributed by atoms with Gasteiger partial charge in [0.15, 0.2) is 5.65 Å². The van der Waals surface area contributed by atoms with E-state index >= 15 is 0 Å². The summed E-state index contributed by atoms with van der Waals surface area (Å²) >= 11 is 0. The number of pyridine rings is 1. The molecule has 0 spiro atoms. The van der Waals surface area contributed by atoms with Crippen molar-refractivity contribution in [1.29, 1.82) is 0 Å². The highest BCUT2D eigenvalue weighted by Gasteiger charge is 2.32. The Hall–Kier alpha value is -2.89. The molecule has 0 saturated heterocycles. The summed E-state index contributed by atoms with van der Waals surface area (Å²) in [6.45, 7) is 2.02. The normalized spacial score (nSPS) is 17.0. The van der Waals surface area contributed by atoms with Crippen LogP contribution in [0.25, 0.3) is 5.65 Å². The van der Waals surface area contributed by atoms with Crippen LogP contribution in [0.2, 0.25) is 0 Å². The van der Waals surface area contributed by atoms with Crippen molar-refractivity contribution >= 4 is 17.2 Å². The number of para-hydroxylation sites is 1. The Bertz CT molecular complexity index is 940. The quantitative estimate of drug-likeness (QED) is 0.741. The third kappa shape index (κ3) is 1.70. The number of nitrogens with one attached hydrogen (secondary N) is 1. The first kappa shape index (κ1) is 12.8. The number of hydrogen-bond acceptors (Lipinski definition) is 3. The molecular formula is C16H14N4O2. The number of fused-ring (bicyclic) bond motifs is 2. The molecule has 0 aliphatic carbocycles. The van der Waals surface area contributed by atoms with Crippen LogP contribution in [0.4, 0.5) is 5.69 Å². The molecule has 6 nitrogen and oxygen atoms in total. The molecule has 2 aromatic heterocycles. The van der Waals surface area contributed by atoms with E-state index < -0.39 is 0 Å². The van der Waals surface area contributed by atoms with Crippen molar-refractivity contribution in [1.82, 2.24) is 14.6 Å². The summed E-state index contributed by atoms with van der Waals surface area (Å²) in [6.07, 6.45) is 2.43. The molecule has 1 unspecified atom stereocenters. The first-order valence-corrected chi connectivity index (χ1v) is 7.14. The van der Waals surface area contributed by atoms with Crippen LogP contribution in [0.15, 0.2) is 47.4 Å². The fraction of sp³-hybridized carbons (Fsp3) is 0.188. The Balaban J connectivity index is 1.86. The van der Waals surface area contributed by atoms with Gasteiger partial charge in [-0.1, -0.05) is 18.2 Å². The summed E-state index contributed by atoms with van der Waals surface area (Å²) in [4.78, 5) is 26.4. The Morgan fingerprint density at radius 2 is 2.09 bits per heavy atom. The van der Waals surface area contributed by atoms with Gasteiger partial charge >= 0.3 is 5.69 Å². The second kappa shape index (κ2) is 4.56. The maximum atomic E-state index is 13.0. The van der Waals surface area contributed by atoms with Gasteiger partial charge in [0, 0.05) is 17.9 Å². The molecule has 1 amide bonds. The van der Waals surface area contributed by atoms with Crippen molar-refractivity contribution in [2.45, 2.75) is 19.4 Å². The van der Waals surface area contributed by atoms with Gasteiger partial charge in [-0.25, -0.2) is 14.3 Å². The van der Waals surface area contributed by atoms with Crippen LogP contribution in [0.3, 0.4) is 0 Å².